The smallest absolute Gasteiger partial charge is 0.159 e. The number of piperazine rings is 1. The lowest BCUT2D eigenvalue weighted by molar-refractivity contribution is 0.0525. The maximum Gasteiger partial charge on any atom is 0.159 e. The normalized spacial score (nSPS) is 19.2. The van der Waals surface area contributed by atoms with Gasteiger partial charge in [-0.2, -0.15) is 0 Å². The van der Waals surface area contributed by atoms with Crippen LogP contribution in [-0.2, 0) is 11.3 Å². The summed E-state index contributed by atoms with van der Waals surface area (Å²) in [6.45, 7) is 6.81. The fraction of sp³-hybridized carbons (Fsp3) is 0.333. The molecule has 4 rings (SSSR count). The zero-order chi connectivity index (χ0) is 23.5. The summed E-state index contributed by atoms with van der Waals surface area (Å²) in [6.07, 6.45) is 0. The standard InChI is InChI=1S/C27H29ClF2N2O/c1-18-4-11-25(19(2)14-18)32-13-12-31(16-20-5-10-23(29)24(30)15-20)26(17-33-3)27(32)21-6-8-22(28)9-7-21/h4-11,14-15,26-27H,12-13,16-17H2,1-3H3/t26-,27?/m1/s1. The third-order valence-corrected chi connectivity index (χ3v) is 6.63. The maximum atomic E-state index is 13.9. The van der Waals surface area contributed by atoms with Gasteiger partial charge in [0.05, 0.1) is 18.7 Å². The Morgan fingerprint density at radius 1 is 0.939 bits per heavy atom. The summed E-state index contributed by atoms with van der Waals surface area (Å²) in [5.41, 5.74) is 5.51. The van der Waals surface area contributed by atoms with Crippen molar-refractivity contribution in [2.75, 3.05) is 31.7 Å². The van der Waals surface area contributed by atoms with Crippen molar-refractivity contribution in [2.24, 2.45) is 0 Å². The summed E-state index contributed by atoms with van der Waals surface area (Å²) in [7, 11) is 1.70. The Balaban J connectivity index is 1.74. The third-order valence-electron chi connectivity index (χ3n) is 6.38. The number of nitrogens with zero attached hydrogens (tertiary/aromatic N) is 2. The van der Waals surface area contributed by atoms with Crippen LogP contribution in [-0.4, -0.2) is 37.7 Å². The second-order valence-corrected chi connectivity index (χ2v) is 9.16. The van der Waals surface area contributed by atoms with E-state index in [2.05, 4.69) is 54.0 Å². The number of methoxy groups -OCH3 is 1. The molecule has 1 heterocycles. The van der Waals surface area contributed by atoms with E-state index < -0.39 is 11.6 Å². The minimum atomic E-state index is -0.828. The number of rotatable bonds is 6. The number of hydrogen-bond donors (Lipinski definition) is 0. The van der Waals surface area contributed by atoms with E-state index in [4.69, 9.17) is 16.3 Å². The van der Waals surface area contributed by atoms with Crippen LogP contribution in [0.3, 0.4) is 0 Å². The van der Waals surface area contributed by atoms with E-state index in [0.29, 0.717) is 18.2 Å². The highest BCUT2D eigenvalue weighted by molar-refractivity contribution is 6.30. The van der Waals surface area contributed by atoms with Crippen LogP contribution in [0.25, 0.3) is 0 Å². The van der Waals surface area contributed by atoms with Gasteiger partial charge in [-0.15, -0.1) is 0 Å². The molecular weight excluding hydrogens is 442 g/mol. The van der Waals surface area contributed by atoms with Crippen LogP contribution in [0.5, 0.6) is 0 Å². The molecule has 0 aromatic heterocycles. The Labute approximate surface area is 199 Å². The first kappa shape index (κ1) is 23.7. The molecule has 3 aromatic rings. The van der Waals surface area contributed by atoms with E-state index in [1.54, 1.807) is 13.2 Å². The zero-order valence-electron chi connectivity index (χ0n) is 19.2. The summed E-state index contributed by atoms with van der Waals surface area (Å²) < 4.78 is 33.0. The van der Waals surface area contributed by atoms with Crippen LogP contribution in [0.15, 0.2) is 60.7 Å². The average molecular weight is 471 g/mol. The molecule has 0 amide bonds. The molecule has 0 saturated carbocycles. The van der Waals surface area contributed by atoms with Crippen LogP contribution in [0.2, 0.25) is 5.02 Å². The molecule has 0 bridgehead atoms. The van der Waals surface area contributed by atoms with Crippen molar-refractivity contribution in [1.82, 2.24) is 4.90 Å². The molecule has 174 valence electrons. The first-order valence-corrected chi connectivity index (χ1v) is 11.5. The molecular formula is C27H29ClF2N2O. The van der Waals surface area contributed by atoms with Gasteiger partial charge in [0.1, 0.15) is 0 Å². The minimum absolute atomic E-state index is 0.00116. The zero-order valence-corrected chi connectivity index (χ0v) is 19.9. The van der Waals surface area contributed by atoms with Crippen molar-refractivity contribution in [2.45, 2.75) is 32.5 Å². The van der Waals surface area contributed by atoms with E-state index in [9.17, 15) is 8.78 Å². The lowest BCUT2D eigenvalue weighted by Crippen LogP contribution is -2.56. The van der Waals surface area contributed by atoms with Crippen molar-refractivity contribution in [3.05, 3.63) is 99.6 Å². The Hall–Kier alpha value is -2.47. The fourth-order valence-electron chi connectivity index (χ4n) is 4.84. The van der Waals surface area contributed by atoms with Crippen molar-refractivity contribution >= 4 is 17.3 Å². The van der Waals surface area contributed by atoms with Crippen molar-refractivity contribution in [3.63, 3.8) is 0 Å². The molecule has 1 aliphatic heterocycles. The average Bonchev–Trinajstić information content (AvgIpc) is 2.78. The van der Waals surface area contributed by atoms with E-state index in [0.717, 1.165) is 24.2 Å². The number of benzene rings is 3. The van der Waals surface area contributed by atoms with Crippen molar-refractivity contribution in [1.29, 1.82) is 0 Å². The van der Waals surface area contributed by atoms with Gasteiger partial charge in [-0.25, -0.2) is 8.78 Å². The molecule has 0 N–H and O–H groups in total. The Morgan fingerprint density at radius 3 is 2.36 bits per heavy atom. The van der Waals surface area contributed by atoms with Gasteiger partial charge in [-0.05, 0) is 60.9 Å². The fourth-order valence-corrected chi connectivity index (χ4v) is 4.97. The molecule has 6 heteroatoms. The van der Waals surface area contributed by atoms with Gasteiger partial charge in [-0.3, -0.25) is 4.90 Å². The summed E-state index contributed by atoms with van der Waals surface area (Å²) in [5.74, 6) is -1.65. The predicted molar refractivity (Wildman–Crippen MR) is 130 cm³/mol. The summed E-state index contributed by atoms with van der Waals surface area (Å²) in [5, 5.41) is 0.689. The topological polar surface area (TPSA) is 15.7 Å². The van der Waals surface area contributed by atoms with Gasteiger partial charge >= 0.3 is 0 Å². The number of halogens is 3. The number of aryl methyl sites for hydroxylation is 2. The van der Waals surface area contributed by atoms with Crippen molar-refractivity contribution in [3.8, 4) is 0 Å². The summed E-state index contributed by atoms with van der Waals surface area (Å²) in [4.78, 5) is 4.74. The highest BCUT2D eigenvalue weighted by atomic mass is 35.5. The second kappa shape index (κ2) is 10.2. The van der Waals surface area contributed by atoms with E-state index in [1.165, 1.54) is 28.9 Å². The molecule has 2 atom stereocenters. The Kier molecular flexibility index (Phi) is 7.32. The first-order chi connectivity index (χ1) is 15.9. The van der Waals surface area contributed by atoms with E-state index >= 15 is 0 Å². The highest BCUT2D eigenvalue weighted by Gasteiger charge is 2.38. The third kappa shape index (κ3) is 5.21. The van der Waals surface area contributed by atoms with Crippen LogP contribution in [0, 0.1) is 25.5 Å². The number of anilines is 1. The highest BCUT2D eigenvalue weighted by Crippen LogP contribution is 2.38. The van der Waals surface area contributed by atoms with Gasteiger partial charge < -0.3 is 9.64 Å². The van der Waals surface area contributed by atoms with Crippen LogP contribution < -0.4 is 4.90 Å². The van der Waals surface area contributed by atoms with Crippen LogP contribution in [0.4, 0.5) is 14.5 Å². The van der Waals surface area contributed by atoms with Gasteiger partial charge in [0.2, 0.25) is 0 Å². The number of hydrogen-bond acceptors (Lipinski definition) is 3. The molecule has 1 aliphatic rings. The monoisotopic (exact) mass is 470 g/mol. The molecule has 1 unspecified atom stereocenters. The molecule has 1 fully saturated rings. The quantitative estimate of drug-likeness (QED) is 0.419. The number of ether oxygens (including phenoxy) is 1. The van der Waals surface area contributed by atoms with E-state index in [1.807, 2.05) is 12.1 Å². The Morgan fingerprint density at radius 2 is 1.70 bits per heavy atom. The lowest BCUT2D eigenvalue weighted by Gasteiger charge is -2.49. The van der Waals surface area contributed by atoms with Gasteiger partial charge in [0.25, 0.3) is 0 Å². The largest absolute Gasteiger partial charge is 0.383 e. The molecule has 0 radical (unpaired) electrons. The SMILES string of the molecule is COC[C@@H]1C(c2ccc(Cl)cc2)N(c2ccc(C)cc2C)CCN1Cc1ccc(F)c(F)c1. The second-order valence-electron chi connectivity index (χ2n) is 8.72. The van der Waals surface area contributed by atoms with E-state index in [-0.39, 0.29) is 12.1 Å². The van der Waals surface area contributed by atoms with Gasteiger partial charge in [0, 0.05) is 37.5 Å². The molecule has 33 heavy (non-hydrogen) atoms. The predicted octanol–water partition coefficient (Wildman–Crippen LogP) is 6.31. The lowest BCUT2D eigenvalue weighted by atomic mass is 9.92. The summed E-state index contributed by atoms with van der Waals surface area (Å²) in [6, 6.07) is 18.6. The molecule has 1 saturated heterocycles. The van der Waals surface area contributed by atoms with Crippen LogP contribution >= 0.6 is 11.6 Å². The summed E-state index contributed by atoms with van der Waals surface area (Å²) >= 11 is 6.19. The molecule has 0 spiro atoms. The van der Waals surface area contributed by atoms with Gasteiger partial charge in [-0.1, -0.05) is 47.5 Å². The Bertz CT molecular complexity index is 1110. The van der Waals surface area contributed by atoms with Crippen LogP contribution in [0.1, 0.15) is 28.3 Å². The molecule has 3 nitrogen and oxygen atoms in total. The minimum Gasteiger partial charge on any atom is -0.383 e. The maximum absolute atomic E-state index is 13.9. The van der Waals surface area contributed by atoms with Gasteiger partial charge in [0.15, 0.2) is 11.6 Å². The molecule has 3 aromatic carbocycles. The first-order valence-electron chi connectivity index (χ1n) is 11.1. The van der Waals surface area contributed by atoms with Crippen molar-refractivity contribution < 1.29 is 13.5 Å². The molecule has 0 aliphatic carbocycles.